The van der Waals surface area contributed by atoms with Crippen molar-refractivity contribution < 1.29 is 9.53 Å². The first-order chi connectivity index (χ1) is 12.1. The molecule has 5 heteroatoms. The summed E-state index contributed by atoms with van der Waals surface area (Å²) in [6.45, 7) is 5.90. The van der Waals surface area contributed by atoms with Gasteiger partial charge in [-0.2, -0.15) is 0 Å². The third-order valence-corrected chi connectivity index (χ3v) is 5.81. The molecule has 1 amide bonds. The fourth-order valence-electron chi connectivity index (χ4n) is 3.29. The Morgan fingerprint density at radius 3 is 2.72 bits per heavy atom. The van der Waals surface area contributed by atoms with Crippen LogP contribution in [0.3, 0.4) is 0 Å². The minimum atomic E-state index is 0.0463. The quantitative estimate of drug-likeness (QED) is 0.760. The second-order valence-electron chi connectivity index (χ2n) is 7.01. The molecule has 130 valence electrons. The van der Waals surface area contributed by atoms with Gasteiger partial charge in [-0.15, -0.1) is 11.8 Å². The molecule has 2 atom stereocenters. The van der Waals surface area contributed by atoms with E-state index in [2.05, 4.69) is 49.2 Å². The summed E-state index contributed by atoms with van der Waals surface area (Å²) in [5.74, 6) is 1.21. The molecule has 2 aliphatic heterocycles. The van der Waals surface area contributed by atoms with Crippen LogP contribution in [-0.2, 0) is 9.53 Å². The third kappa shape index (κ3) is 3.44. The van der Waals surface area contributed by atoms with Crippen LogP contribution in [0.5, 0.6) is 0 Å². The maximum Gasteiger partial charge on any atom is 0.233 e. The van der Waals surface area contributed by atoms with E-state index in [9.17, 15) is 4.79 Å². The zero-order chi connectivity index (χ0) is 17.4. The van der Waals surface area contributed by atoms with Crippen LogP contribution in [-0.4, -0.2) is 34.7 Å². The van der Waals surface area contributed by atoms with E-state index >= 15 is 0 Å². The lowest BCUT2D eigenvalue weighted by atomic mass is 9.99. The molecule has 4 rings (SSSR count). The topological polar surface area (TPSA) is 45.7 Å². The van der Waals surface area contributed by atoms with Gasteiger partial charge in [-0.3, -0.25) is 9.78 Å². The fourth-order valence-corrected chi connectivity index (χ4v) is 4.50. The maximum absolute atomic E-state index is 12.3. The van der Waals surface area contributed by atoms with E-state index in [-0.39, 0.29) is 17.4 Å². The molecule has 0 saturated carbocycles. The standard InChI is InChI=1S/C20H22N2O2S/c1-13(2)10-22-19(23)12-25-20(22)17-9-21-8-7-16(17)14-3-5-15(6-4-14)18-11-24-18/h3-9,13,18,20H,10-12H2,1-2H3. The predicted molar refractivity (Wildman–Crippen MR) is 100 cm³/mol. The highest BCUT2D eigenvalue weighted by Crippen LogP contribution is 2.43. The minimum absolute atomic E-state index is 0.0463. The Morgan fingerprint density at radius 1 is 1.28 bits per heavy atom. The highest BCUT2D eigenvalue weighted by atomic mass is 32.2. The van der Waals surface area contributed by atoms with Gasteiger partial charge < -0.3 is 9.64 Å². The third-order valence-electron chi connectivity index (χ3n) is 4.57. The van der Waals surface area contributed by atoms with Crippen molar-refractivity contribution in [3.63, 3.8) is 0 Å². The van der Waals surface area contributed by atoms with Gasteiger partial charge in [0.05, 0.1) is 12.4 Å². The summed E-state index contributed by atoms with van der Waals surface area (Å²) in [5.41, 5.74) is 4.66. The number of carbonyl (C=O) groups excluding carboxylic acids is 1. The van der Waals surface area contributed by atoms with Gasteiger partial charge in [0.15, 0.2) is 0 Å². The summed E-state index contributed by atoms with van der Waals surface area (Å²) in [5, 5.41) is 0.0463. The van der Waals surface area contributed by atoms with Gasteiger partial charge in [0, 0.05) is 24.5 Å². The zero-order valence-electron chi connectivity index (χ0n) is 14.5. The Bertz CT molecular complexity index is 772. The van der Waals surface area contributed by atoms with Crippen molar-refractivity contribution in [2.45, 2.75) is 25.3 Å². The van der Waals surface area contributed by atoms with Gasteiger partial charge >= 0.3 is 0 Å². The number of aromatic nitrogens is 1. The molecule has 0 N–H and O–H groups in total. The lowest BCUT2D eigenvalue weighted by Gasteiger charge is -2.27. The van der Waals surface area contributed by atoms with Crippen molar-refractivity contribution in [2.75, 3.05) is 18.9 Å². The first-order valence-corrected chi connectivity index (χ1v) is 9.75. The zero-order valence-corrected chi connectivity index (χ0v) is 15.3. The number of ether oxygens (including phenoxy) is 1. The number of thioether (sulfide) groups is 1. The number of carbonyl (C=O) groups is 1. The molecule has 4 nitrogen and oxygen atoms in total. The second kappa shape index (κ2) is 6.81. The smallest absolute Gasteiger partial charge is 0.233 e. The van der Waals surface area contributed by atoms with Crippen LogP contribution in [0.25, 0.3) is 11.1 Å². The van der Waals surface area contributed by atoms with Crippen LogP contribution in [0.4, 0.5) is 0 Å². The van der Waals surface area contributed by atoms with E-state index in [0.29, 0.717) is 11.7 Å². The highest BCUT2D eigenvalue weighted by molar-refractivity contribution is 8.00. The van der Waals surface area contributed by atoms with Gasteiger partial charge in [-0.1, -0.05) is 38.1 Å². The van der Waals surface area contributed by atoms with Crippen LogP contribution >= 0.6 is 11.8 Å². The van der Waals surface area contributed by atoms with Crippen molar-refractivity contribution in [3.05, 3.63) is 53.9 Å². The lowest BCUT2D eigenvalue weighted by molar-refractivity contribution is -0.128. The van der Waals surface area contributed by atoms with Crippen LogP contribution < -0.4 is 0 Å². The molecule has 2 unspecified atom stereocenters. The van der Waals surface area contributed by atoms with Crippen molar-refractivity contribution in [3.8, 4) is 11.1 Å². The van der Waals surface area contributed by atoms with Crippen molar-refractivity contribution >= 4 is 17.7 Å². The summed E-state index contributed by atoms with van der Waals surface area (Å²) >= 11 is 1.70. The van der Waals surface area contributed by atoms with E-state index in [1.165, 1.54) is 5.56 Å². The van der Waals surface area contributed by atoms with Crippen LogP contribution in [0, 0.1) is 5.92 Å². The summed E-state index contributed by atoms with van der Waals surface area (Å²) in [7, 11) is 0. The first kappa shape index (κ1) is 16.6. The van der Waals surface area contributed by atoms with Crippen molar-refractivity contribution in [1.82, 2.24) is 9.88 Å². The molecule has 0 bridgehead atoms. The predicted octanol–water partition coefficient (Wildman–Crippen LogP) is 4.05. The number of epoxide rings is 1. The van der Waals surface area contributed by atoms with E-state index in [1.807, 2.05) is 17.3 Å². The van der Waals surface area contributed by atoms with Crippen LogP contribution in [0.1, 0.15) is 36.5 Å². The van der Waals surface area contributed by atoms with E-state index in [0.717, 1.165) is 29.8 Å². The summed E-state index contributed by atoms with van der Waals surface area (Å²) in [4.78, 5) is 18.7. The average Bonchev–Trinajstić information content (AvgIpc) is 3.41. The molecule has 3 heterocycles. The Balaban J connectivity index is 1.67. The Hall–Kier alpha value is -1.85. The highest BCUT2D eigenvalue weighted by Gasteiger charge is 2.34. The summed E-state index contributed by atoms with van der Waals surface area (Å²) in [6.07, 6.45) is 4.01. The monoisotopic (exact) mass is 354 g/mol. The SMILES string of the molecule is CC(C)CN1C(=O)CSC1c1cnccc1-c1ccc(C2CO2)cc1. The molecule has 0 spiro atoms. The molecule has 0 aliphatic carbocycles. The molecule has 1 aromatic heterocycles. The van der Waals surface area contributed by atoms with Gasteiger partial charge in [-0.05, 0) is 28.7 Å². The number of hydrogen-bond acceptors (Lipinski definition) is 4. The Kier molecular flexibility index (Phi) is 4.52. The molecule has 2 aromatic rings. The molecular weight excluding hydrogens is 332 g/mol. The second-order valence-corrected chi connectivity index (χ2v) is 8.08. The number of nitrogens with zero attached hydrogens (tertiary/aromatic N) is 2. The van der Waals surface area contributed by atoms with Gasteiger partial charge in [0.2, 0.25) is 5.91 Å². The number of rotatable bonds is 5. The molecule has 0 radical (unpaired) electrons. The van der Waals surface area contributed by atoms with Crippen LogP contribution in [0.2, 0.25) is 0 Å². The van der Waals surface area contributed by atoms with Crippen molar-refractivity contribution in [1.29, 1.82) is 0 Å². The average molecular weight is 354 g/mol. The molecule has 2 fully saturated rings. The molecule has 1 aromatic carbocycles. The lowest BCUT2D eigenvalue weighted by Crippen LogP contribution is -2.31. The molecule has 2 saturated heterocycles. The largest absolute Gasteiger partial charge is 0.368 e. The Morgan fingerprint density at radius 2 is 2.04 bits per heavy atom. The van der Waals surface area contributed by atoms with Crippen molar-refractivity contribution in [2.24, 2.45) is 5.92 Å². The Labute approximate surface area is 152 Å². The number of amides is 1. The van der Waals surface area contributed by atoms with Gasteiger partial charge in [0.1, 0.15) is 11.5 Å². The minimum Gasteiger partial charge on any atom is -0.368 e. The summed E-state index contributed by atoms with van der Waals surface area (Å²) in [6, 6.07) is 10.6. The maximum atomic E-state index is 12.3. The normalized spacial score (nSPS) is 22.7. The molecule has 25 heavy (non-hydrogen) atoms. The van der Waals surface area contributed by atoms with E-state index < -0.39 is 0 Å². The van der Waals surface area contributed by atoms with Crippen LogP contribution in [0.15, 0.2) is 42.7 Å². The molecule has 2 aliphatic rings. The number of pyridine rings is 1. The van der Waals surface area contributed by atoms with Gasteiger partial charge in [-0.25, -0.2) is 0 Å². The van der Waals surface area contributed by atoms with E-state index in [4.69, 9.17) is 4.74 Å². The molecular formula is C20H22N2O2S. The number of benzene rings is 1. The first-order valence-electron chi connectivity index (χ1n) is 8.70. The summed E-state index contributed by atoms with van der Waals surface area (Å²) < 4.78 is 5.35. The number of hydrogen-bond donors (Lipinski definition) is 0. The van der Waals surface area contributed by atoms with E-state index in [1.54, 1.807) is 11.8 Å². The van der Waals surface area contributed by atoms with Gasteiger partial charge in [0.25, 0.3) is 0 Å². The fraction of sp³-hybridized carbons (Fsp3) is 0.400.